The van der Waals surface area contributed by atoms with Gasteiger partial charge in [-0.1, -0.05) is 35.9 Å². The summed E-state index contributed by atoms with van der Waals surface area (Å²) >= 11 is 5.86. The van der Waals surface area contributed by atoms with Gasteiger partial charge in [0.15, 0.2) is 0 Å². The number of aliphatic carboxylic acids is 1. The lowest BCUT2D eigenvalue weighted by Gasteiger charge is -2.09. The van der Waals surface area contributed by atoms with Crippen molar-refractivity contribution in [3.05, 3.63) is 52.5 Å². The molecule has 2 aromatic rings. The number of carbonyl (C=O) groups is 2. The molecule has 0 aromatic heterocycles. The smallest absolute Gasteiger partial charge is 0.339 e. The number of aromatic hydroxyl groups is 1. The minimum Gasteiger partial charge on any atom is -0.505 e. The molecule has 0 unspecified atom stereocenters. The molecule has 0 saturated carbocycles. The van der Waals surface area contributed by atoms with E-state index in [1.165, 1.54) is 12.1 Å². The number of aryl methyl sites for hydroxylation is 1. The third-order valence-electron chi connectivity index (χ3n) is 3.18. The monoisotopic (exact) mass is 320 g/mol. The number of hydrogen-bond donors (Lipinski definition) is 3. The molecule has 114 valence electrons. The van der Waals surface area contributed by atoms with Gasteiger partial charge < -0.3 is 15.3 Å². The zero-order valence-electron chi connectivity index (χ0n) is 11.4. The summed E-state index contributed by atoms with van der Waals surface area (Å²) in [7, 11) is 0. The summed E-state index contributed by atoms with van der Waals surface area (Å²) in [6.07, 6.45) is 0.390. The molecule has 5 nitrogen and oxygen atoms in total. The topological polar surface area (TPSA) is 94.8 Å². The van der Waals surface area contributed by atoms with Gasteiger partial charge >= 0.3 is 11.9 Å². The molecule has 0 saturated heterocycles. The maximum absolute atomic E-state index is 11.1. The van der Waals surface area contributed by atoms with Gasteiger partial charge in [-0.25, -0.2) is 4.79 Å². The van der Waals surface area contributed by atoms with E-state index < -0.39 is 17.7 Å². The fourth-order valence-electron chi connectivity index (χ4n) is 2.09. The molecular formula is C16H13ClO5. The van der Waals surface area contributed by atoms with Gasteiger partial charge in [0.1, 0.15) is 11.3 Å². The summed E-state index contributed by atoms with van der Waals surface area (Å²) in [5.74, 6) is -2.63. The zero-order valence-corrected chi connectivity index (χ0v) is 12.2. The maximum atomic E-state index is 11.1. The summed E-state index contributed by atoms with van der Waals surface area (Å²) < 4.78 is 0. The number of halogens is 1. The molecule has 2 rings (SSSR count). The molecule has 2 aromatic carbocycles. The Kier molecular flexibility index (Phi) is 4.68. The highest BCUT2D eigenvalue weighted by Gasteiger charge is 2.15. The first-order valence-corrected chi connectivity index (χ1v) is 6.83. The third kappa shape index (κ3) is 3.56. The average molecular weight is 321 g/mol. The maximum Gasteiger partial charge on any atom is 0.339 e. The molecule has 0 aliphatic carbocycles. The van der Waals surface area contributed by atoms with Gasteiger partial charge in [-0.2, -0.15) is 0 Å². The molecule has 0 aliphatic heterocycles. The Balaban J connectivity index is 2.41. The van der Waals surface area contributed by atoms with Crippen LogP contribution in [0.1, 0.15) is 22.3 Å². The highest BCUT2D eigenvalue weighted by molar-refractivity contribution is 6.33. The van der Waals surface area contributed by atoms with Crippen LogP contribution in [0.5, 0.6) is 5.75 Å². The Morgan fingerprint density at radius 3 is 2.41 bits per heavy atom. The van der Waals surface area contributed by atoms with Crippen LogP contribution in [0, 0.1) is 0 Å². The second kappa shape index (κ2) is 6.49. The summed E-state index contributed by atoms with van der Waals surface area (Å²) in [4.78, 5) is 21.7. The number of aromatic carboxylic acids is 1. The minimum absolute atomic E-state index is 0.0141. The first-order chi connectivity index (χ1) is 10.4. The van der Waals surface area contributed by atoms with E-state index in [1.54, 1.807) is 24.3 Å². The highest BCUT2D eigenvalue weighted by atomic mass is 35.5. The van der Waals surface area contributed by atoms with Crippen molar-refractivity contribution < 1.29 is 24.9 Å². The van der Waals surface area contributed by atoms with Crippen LogP contribution < -0.4 is 0 Å². The Bertz CT molecular complexity index is 739. The second-order valence-corrected chi connectivity index (χ2v) is 5.16. The molecule has 0 spiro atoms. The quantitative estimate of drug-likeness (QED) is 0.784. The van der Waals surface area contributed by atoms with Crippen LogP contribution in [0.2, 0.25) is 5.02 Å². The predicted molar refractivity (Wildman–Crippen MR) is 81.5 cm³/mol. The molecule has 3 N–H and O–H groups in total. The molecule has 0 bridgehead atoms. The van der Waals surface area contributed by atoms with Crippen molar-refractivity contribution in [2.45, 2.75) is 12.8 Å². The van der Waals surface area contributed by atoms with E-state index in [1.807, 2.05) is 0 Å². The molecule has 0 atom stereocenters. The fourth-order valence-corrected chi connectivity index (χ4v) is 2.31. The average Bonchev–Trinajstić information content (AvgIpc) is 2.47. The Hall–Kier alpha value is -2.53. The standard InChI is InChI=1S/C16H13ClO5/c17-13-8-11(7-12(15(13)20)16(21)22)10-3-1-2-9(6-10)4-5-14(18)19/h1-3,6-8,20H,4-5H2,(H,18,19)(H,21,22). The first kappa shape index (κ1) is 15.9. The molecule has 0 fully saturated rings. The van der Waals surface area contributed by atoms with Crippen LogP contribution in [-0.2, 0) is 11.2 Å². The molecule has 0 radical (unpaired) electrons. The summed E-state index contributed by atoms with van der Waals surface area (Å²) in [5, 5.41) is 27.4. The Labute approximate surface area is 131 Å². The van der Waals surface area contributed by atoms with Crippen molar-refractivity contribution in [3.8, 4) is 16.9 Å². The summed E-state index contributed by atoms with van der Waals surface area (Å²) in [5.41, 5.74) is 1.78. The summed E-state index contributed by atoms with van der Waals surface area (Å²) in [6, 6.07) is 9.90. The van der Waals surface area contributed by atoms with E-state index in [-0.39, 0.29) is 17.0 Å². The highest BCUT2D eigenvalue weighted by Crippen LogP contribution is 2.33. The van der Waals surface area contributed by atoms with Gasteiger partial charge in [-0.15, -0.1) is 0 Å². The molecule has 0 heterocycles. The van der Waals surface area contributed by atoms with Crippen LogP contribution in [0.25, 0.3) is 11.1 Å². The van der Waals surface area contributed by atoms with Gasteiger partial charge in [0.2, 0.25) is 0 Å². The van der Waals surface area contributed by atoms with Crippen molar-refractivity contribution in [2.24, 2.45) is 0 Å². The predicted octanol–water partition coefficient (Wildman–Crippen LogP) is 3.43. The van der Waals surface area contributed by atoms with E-state index >= 15 is 0 Å². The van der Waals surface area contributed by atoms with Gasteiger partial charge in [0.05, 0.1) is 5.02 Å². The SMILES string of the molecule is O=C(O)CCc1cccc(-c2cc(Cl)c(O)c(C(=O)O)c2)c1. The lowest BCUT2D eigenvalue weighted by Crippen LogP contribution is -1.99. The molecule has 0 aliphatic rings. The largest absolute Gasteiger partial charge is 0.505 e. The van der Waals surface area contributed by atoms with Crippen LogP contribution in [0.4, 0.5) is 0 Å². The van der Waals surface area contributed by atoms with Crippen LogP contribution in [-0.4, -0.2) is 27.3 Å². The van der Waals surface area contributed by atoms with Crippen LogP contribution >= 0.6 is 11.6 Å². The number of rotatable bonds is 5. The van der Waals surface area contributed by atoms with E-state index in [0.29, 0.717) is 17.5 Å². The Morgan fingerprint density at radius 1 is 1.05 bits per heavy atom. The minimum atomic E-state index is -1.27. The third-order valence-corrected chi connectivity index (χ3v) is 3.47. The van der Waals surface area contributed by atoms with E-state index in [2.05, 4.69) is 0 Å². The number of benzene rings is 2. The molecule has 6 heteroatoms. The van der Waals surface area contributed by atoms with Crippen molar-refractivity contribution in [1.82, 2.24) is 0 Å². The lowest BCUT2D eigenvalue weighted by atomic mass is 9.99. The van der Waals surface area contributed by atoms with Crippen LogP contribution in [0.3, 0.4) is 0 Å². The molecular weight excluding hydrogens is 308 g/mol. The van der Waals surface area contributed by atoms with Crippen molar-refractivity contribution in [1.29, 1.82) is 0 Å². The fraction of sp³-hybridized carbons (Fsp3) is 0.125. The first-order valence-electron chi connectivity index (χ1n) is 6.45. The van der Waals surface area contributed by atoms with Gasteiger partial charge in [-0.05, 0) is 35.2 Å². The second-order valence-electron chi connectivity index (χ2n) is 4.75. The van der Waals surface area contributed by atoms with Crippen LogP contribution in [0.15, 0.2) is 36.4 Å². The lowest BCUT2D eigenvalue weighted by molar-refractivity contribution is -0.136. The van der Waals surface area contributed by atoms with E-state index in [9.17, 15) is 14.7 Å². The zero-order chi connectivity index (χ0) is 16.3. The van der Waals surface area contributed by atoms with E-state index in [0.717, 1.165) is 5.56 Å². The number of phenols is 1. The van der Waals surface area contributed by atoms with Gasteiger partial charge in [0, 0.05) is 6.42 Å². The molecule has 0 amide bonds. The van der Waals surface area contributed by atoms with Gasteiger partial charge in [0.25, 0.3) is 0 Å². The van der Waals surface area contributed by atoms with Gasteiger partial charge in [-0.3, -0.25) is 4.79 Å². The number of carboxylic acid groups (broad SMARTS) is 2. The van der Waals surface area contributed by atoms with E-state index in [4.69, 9.17) is 21.8 Å². The summed E-state index contributed by atoms with van der Waals surface area (Å²) in [6.45, 7) is 0. The Morgan fingerprint density at radius 2 is 1.77 bits per heavy atom. The van der Waals surface area contributed by atoms with Crippen molar-refractivity contribution in [3.63, 3.8) is 0 Å². The number of carboxylic acids is 2. The molecule has 22 heavy (non-hydrogen) atoms. The number of hydrogen-bond acceptors (Lipinski definition) is 3. The normalized spacial score (nSPS) is 10.4. The van der Waals surface area contributed by atoms with Crippen molar-refractivity contribution in [2.75, 3.05) is 0 Å². The van der Waals surface area contributed by atoms with Crippen molar-refractivity contribution >= 4 is 23.5 Å².